The fraction of sp³-hybridized carbons (Fsp3) is 0.471. The molecular formula is C17H22ClN3O. The average Bonchev–Trinajstić information content (AvgIpc) is 2.78. The lowest BCUT2D eigenvalue weighted by atomic mass is 9.99. The Morgan fingerprint density at radius 2 is 2.23 bits per heavy atom. The summed E-state index contributed by atoms with van der Waals surface area (Å²) in [6, 6.07) is 8.09. The number of rotatable bonds is 4. The molecule has 118 valence electrons. The molecular weight excluding hydrogens is 298 g/mol. The van der Waals surface area contributed by atoms with E-state index < -0.39 is 0 Å². The van der Waals surface area contributed by atoms with Crippen LogP contribution in [0.4, 0.5) is 0 Å². The molecule has 0 spiro atoms. The molecule has 0 aliphatic carbocycles. The molecule has 1 aromatic heterocycles. The van der Waals surface area contributed by atoms with Gasteiger partial charge in [0.1, 0.15) is 0 Å². The van der Waals surface area contributed by atoms with Gasteiger partial charge >= 0.3 is 0 Å². The molecule has 1 fully saturated rings. The SMILES string of the molecule is Cn1cncc1CN1CCOC[C@H](Cc2ccccc2Cl)C1. The molecule has 0 amide bonds. The molecule has 1 aromatic carbocycles. The monoisotopic (exact) mass is 319 g/mol. The van der Waals surface area contributed by atoms with Crippen LogP contribution in [0.25, 0.3) is 0 Å². The van der Waals surface area contributed by atoms with E-state index in [0.29, 0.717) is 5.92 Å². The summed E-state index contributed by atoms with van der Waals surface area (Å²) in [6.07, 6.45) is 4.75. The average molecular weight is 320 g/mol. The van der Waals surface area contributed by atoms with Crippen LogP contribution in [0, 0.1) is 5.92 Å². The minimum Gasteiger partial charge on any atom is -0.380 e. The first-order valence-electron chi connectivity index (χ1n) is 7.71. The predicted octanol–water partition coefficient (Wildman–Crippen LogP) is 2.76. The van der Waals surface area contributed by atoms with Gasteiger partial charge in [0.25, 0.3) is 0 Å². The molecule has 4 nitrogen and oxygen atoms in total. The Labute approximate surface area is 136 Å². The van der Waals surface area contributed by atoms with Crippen molar-refractivity contribution in [1.29, 1.82) is 0 Å². The topological polar surface area (TPSA) is 30.3 Å². The molecule has 1 atom stereocenters. The lowest BCUT2D eigenvalue weighted by molar-refractivity contribution is 0.121. The highest BCUT2D eigenvalue weighted by molar-refractivity contribution is 6.31. The molecule has 3 rings (SSSR count). The Hall–Kier alpha value is -1.36. The van der Waals surface area contributed by atoms with E-state index in [0.717, 1.165) is 44.3 Å². The number of aryl methyl sites for hydroxylation is 1. The zero-order chi connectivity index (χ0) is 15.4. The third kappa shape index (κ3) is 3.88. The van der Waals surface area contributed by atoms with Gasteiger partial charge in [-0.15, -0.1) is 0 Å². The number of hydrogen-bond donors (Lipinski definition) is 0. The largest absolute Gasteiger partial charge is 0.380 e. The van der Waals surface area contributed by atoms with Gasteiger partial charge in [0.2, 0.25) is 0 Å². The molecule has 2 aromatic rings. The molecule has 0 radical (unpaired) electrons. The summed E-state index contributed by atoms with van der Waals surface area (Å²) in [6.45, 7) is 4.49. The molecule has 0 N–H and O–H groups in total. The van der Waals surface area contributed by atoms with E-state index in [1.165, 1.54) is 11.3 Å². The van der Waals surface area contributed by atoms with E-state index in [9.17, 15) is 0 Å². The highest BCUT2D eigenvalue weighted by Gasteiger charge is 2.20. The van der Waals surface area contributed by atoms with Gasteiger partial charge < -0.3 is 9.30 Å². The first kappa shape index (κ1) is 15.5. The molecule has 0 bridgehead atoms. The predicted molar refractivity (Wildman–Crippen MR) is 88.0 cm³/mol. The Balaban J connectivity index is 1.65. The standard InChI is InChI=1S/C17H22ClN3O/c1-20-13-19-9-16(20)11-21-6-7-22-12-14(10-21)8-15-4-2-3-5-17(15)18/h2-5,9,13-14H,6-8,10-12H2,1H3/t14-/m1/s1. The van der Waals surface area contributed by atoms with Crippen molar-refractivity contribution in [2.75, 3.05) is 26.3 Å². The molecule has 1 aliphatic rings. The molecule has 0 unspecified atom stereocenters. The lowest BCUT2D eigenvalue weighted by Gasteiger charge is -2.23. The quantitative estimate of drug-likeness (QED) is 0.868. The second kappa shape index (κ2) is 7.27. The van der Waals surface area contributed by atoms with E-state index in [1.807, 2.05) is 37.8 Å². The minimum absolute atomic E-state index is 0.468. The fourth-order valence-electron chi connectivity index (χ4n) is 2.96. The molecule has 1 saturated heterocycles. The second-order valence-electron chi connectivity index (χ2n) is 5.97. The minimum atomic E-state index is 0.468. The van der Waals surface area contributed by atoms with E-state index >= 15 is 0 Å². The van der Waals surface area contributed by atoms with E-state index in [-0.39, 0.29) is 0 Å². The smallest absolute Gasteiger partial charge is 0.0945 e. The lowest BCUT2D eigenvalue weighted by Crippen LogP contribution is -2.31. The Kier molecular flexibility index (Phi) is 5.13. The number of aromatic nitrogens is 2. The Bertz CT molecular complexity index is 613. The number of imidazole rings is 1. The van der Waals surface area contributed by atoms with Crippen LogP contribution in [0.2, 0.25) is 5.02 Å². The summed E-state index contributed by atoms with van der Waals surface area (Å²) in [5, 5.41) is 0.852. The Morgan fingerprint density at radius 1 is 1.36 bits per heavy atom. The maximum absolute atomic E-state index is 6.29. The normalized spacial score (nSPS) is 20.0. The molecule has 2 heterocycles. The van der Waals surface area contributed by atoms with E-state index in [2.05, 4.69) is 20.5 Å². The number of ether oxygens (including phenoxy) is 1. The summed E-state index contributed by atoms with van der Waals surface area (Å²) in [5.74, 6) is 0.468. The van der Waals surface area contributed by atoms with Crippen molar-refractivity contribution in [3.8, 4) is 0 Å². The maximum atomic E-state index is 6.29. The second-order valence-corrected chi connectivity index (χ2v) is 6.37. The zero-order valence-electron chi connectivity index (χ0n) is 12.9. The van der Waals surface area contributed by atoms with Gasteiger partial charge in [0.05, 0.1) is 25.2 Å². The van der Waals surface area contributed by atoms with Crippen LogP contribution in [-0.2, 0) is 24.8 Å². The number of benzene rings is 1. The molecule has 0 saturated carbocycles. The van der Waals surface area contributed by atoms with Gasteiger partial charge in [-0.05, 0) is 24.0 Å². The third-order valence-electron chi connectivity index (χ3n) is 4.19. The fourth-order valence-corrected chi connectivity index (χ4v) is 3.17. The summed E-state index contributed by atoms with van der Waals surface area (Å²) in [4.78, 5) is 6.65. The zero-order valence-corrected chi connectivity index (χ0v) is 13.7. The molecule has 1 aliphatic heterocycles. The number of nitrogens with zero attached hydrogens (tertiary/aromatic N) is 3. The van der Waals surface area contributed by atoms with Crippen molar-refractivity contribution in [2.24, 2.45) is 13.0 Å². The van der Waals surface area contributed by atoms with Gasteiger partial charge in [0.15, 0.2) is 0 Å². The van der Waals surface area contributed by atoms with Crippen LogP contribution in [0.3, 0.4) is 0 Å². The van der Waals surface area contributed by atoms with Crippen molar-refractivity contribution < 1.29 is 4.74 Å². The van der Waals surface area contributed by atoms with Crippen molar-refractivity contribution in [3.05, 3.63) is 53.1 Å². The van der Waals surface area contributed by atoms with E-state index in [1.54, 1.807) is 0 Å². The highest BCUT2D eigenvalue weighted by atomic mass is 35.5. The van der Waals surface area contributed by atoms with Crippen LogP contribution in [0.1, 0.15) is 11.3 Å². The van der Waals surface area contributed by atoms with Crippen LogP contribution in [-0.4, -0.2) is 40.8 Å². The summed E-state index contributed by atoms with van der Waals surface area (Å²) in [7, 11) is 2.04. The summed E-state index contributed by atoms with van der Waals surface area (Å²) < 4.78 is 7.87. The van der Waals surface area contributed by atoms with Crippen LogP contribution < -0.4 is 0 Å². The highest BCUT2D eigenvalue weighted by Crippen LogP contribution is 2.21. The van der Waals surface area contributed by atoms with E-state index in [4.69, 9.17) is 16.3 Å². The Morgan fingerprint density at radius 3 is 3.00 bits per heavy atom. The van der Waals surface area contributed by atoms with Crippen LogP contribution >= 0.6 is 11.6 Å². The molecule has 5 heteroatoms. The first-order valence-corrected chi connectivity index (χ1v) is 8.09. The maximum Gasteiger partial charge on any atom is 0.0945 e. The first-order chi connectivity index (χ1) is 10.7. The van der Waals surface area contributed by atoms with Crippen molar-refractivity contribution in [3.63, 3.8) is 0 Å². The van der Waals surface area contributed by atoms with Gasteiger partial charge in [-0.25, -0.2) is 4.98 Å². The summed E-state index contributed by atoms with van der Waals surface area (Å²) >= 11 is 6.29. The van der Waals surface area contributed by atoms with Crippen molar-refractivity contribution in [2.45, 2.75) is 13.0 Å². The van der Waals surface area contributed by atoms with Crippen LogP contribution in [0.5, 0.6) is 0 Å². The number of hydrogen-bond acceptors (Lipinski definition) is 3. The van der Waals surface area contributed by atoms with Gasteiger partial charge in [-0.3, -0.25) is 4.90 Å². The van der Waals surface area contributed by atoms with Crippen molar-refractivity contribution in [1.82, 2.24) is 14.5 Å². The van der Waals surface area contributed by atoms with Crippen LogP contribution in [0.15, 0.2) is 36.8 Å². The van der Waals surface area contributed by atoms with Gasteiger partial charge in [-0.2, -0.15) is 0 Å². The molecule has 22 heavy (non-hydrogen) atoms. The van der Waals surface area contributed by atoms with Crippen molar-refractivity contribution >= 4 is 11.6 Å². The van der Waals surface area contributed by atoms with Gasteiger partial charge in [0, 0.05) is 37.9 Å². The number of halogens is 1. The third-order valence-corrected chi connectivity index (χ3v) is 4.56. The van der Waals surface area contributed by atoms with Gasteiger partial charge in [-0.1, -0.05) is 29.8 Å². The summed E-state index contributed by atoms with van der Waals surface area (Å²) in [5.41, 5.74) is 2.44.